The van der Waals surface area contributed by atoms with Gasteiger partial charge in [0, 0.05) is 6.07 Å². The zero-order chi connectivity index (χ0) is 12.5. The molecule has 0 unspecified atom stereocenters. The van der Waals surface area contributed by atoms with Crippen LogP contribution in [0, 0.1) is 11.7 Å². The van der Waals surface area contributed by atoms with Crippen LogP contribution in [0.3, 0.4) is 0 Å². The highest BCUT2D eigenvalue weighted by molar-refractivity contribution is 7.71. The minimum absolute atomic E-state index is 0.531. The van der Waals surface area contributed by atoms with E-state index in [1.807, 2.05) is 35.1 Å². The molecule has 0 fully saturated rings. The highest BCUT2D eigenvalue weighted by atomic mass is 32.1. The lowest BCUT2D eigenvalue weighted by Gasteiger charge is -2.01. The highest BCUT2D eigenvalue weighted by Crippen LogP contribution is 2.23. The van der Waals surface area contributed by atoms with Crippen LogP contribution in [0.15, 0.2) is 28.1 Å². The Balaban J connectivity index is 2.01. The van der Waals surface area contributed by atoms with E-state index in [0.29, 0.717) is 11.3 Å². The van der Waals surface area contributed by atoms with Crippen LogP contribution in [0.1, 0.15) is 11.5 Å². The number of thiophene rings is 1. The maximum absolute atomic E-state index is 5.24. The third kappa shape index (κ3) is 2.02. The van der Waals surface area contributed by atoms with Crippen molar-refractivity contribution in [1.82, 2.24) is 19.9 Å². The molecule has 3 rings (SSSR count). The summed E-state index contributed by atoms with van der Waals surface area (Å²) in [4.78, 5) is 1.07. The second-order valence-corrected chi connectivity index (χ2v) is 5.18. The highest BCUT2D eigenvalue weighted by Gasteiger charge is 2.12. The van der Waals surface area contributed by atoms with E-state index in [2.05, 4.69) is 15.4 Å². The van der Waals surface area contributed by atoms with Crippen molar-refractivity contribution >= 4 is 23.6 Å². The van der Waals surface area contributed by atoms with Crippen molar-refractivity contribution in [2.75, 3.05) is 0 Å². The van der Waals surface area contributed by atoms with Crippen molar-refractivity contribution in [1.29, 1.82) is 0 Å². The summed E-state index contributed by atoms with van der Waals surface area (Å²) >= 11 is 6.86. The standard InChI is InChI=1S/C11H10N4OS2/c1-7-5-8(16-14-7)6-15-10(12-13-11(15)17)9-3-2-4-18-9/h2-5H,6H2,1H3,(H,13,17). The number of aromatic nitrogens is 4. The minimum atomic E-state index is 0.531. The number of aryl methyl sites for hydroxylation is 1. The zero-order valence-corrected chi connectivity index (χ0v) is 11.2. The molecule has 7 heteroatoms. The summed E-state index contributed by atoms with van der Waals surface area (Å²) in [6.45, 7) is 2.42. The second-order valence-electron chi connectivity index (χ2n) is 3.85. The number of nitrogens with one attached hydrogen (secondary N) is 1. The lowest BCUT2D eigenvalue weighted by Crippen LogP contribution is -2.00. The summed E-state index contributed by atoms with van der Waals surface area (Å²) < 4.78 is 7.69. The molecule has 0 aromatic carbocycles. The SMILES string of the molecule is Cc1cc(Cn2c(-c3cccs3)n[nH]c2=S)on1. The van der Waals surface area contributed by atoms with Gasteiger partial charge in [0.05, 0.1) is 17.1 Å². The molecule has 92 valence electrons. The van der Waals surface area contributed by atoms with Crippen LogP contribution in [0.5, 0.6) is 0 Å². The molecule has 0 spiro atoms. The molecular formula is C11H10N4OS2. The van der Waals surface area contributed by atoms with Gasteiger partial charge in [-0.1, -0.05) is 11.2 Å². The van der Waals surface area contributed by atoms with E-state index in [4.69, 9.17) is 16.7 Å². The van der Waals surface area contributed by atoms with E-state index >= 15 is 0 Å². The summed E-state index contributed by atoms with van der Waals surface area (Å²) in [5.41, 5.74) is 0.859. The molecule has 0 aliphatic heterocycles. The second kappa shape index (κ2) is 4.51. The summed E-state index contributed by atoms with van der Waals surface area (Å²) in [5, 5.41) is 12.9. The quantitative estimate of drug-likeness (QED) is 0.748. The number of nitrogens with zero attached hydrogens (tertiary/aromatic N) is 3. The van der Waals surface area contributed by atoms with Gasteiger partial charge in [-0.15, -0.1) is 11.3 Å². The lowest BCUT2D eigenvalue weighted by molar-refractivity contribution is 0.373. The zero-order valence-electron chi connectivity index (χ0n) is 9.58. The molecule has 0 bridgehead atoms. The summed E-state index contributed by atoms with van der Waals surface area (Å²) in [6, 6.07) is 5.89. The maximum atomic E-state index is 5.24. The van der Waals surface area contributed by atoms with E-state index in [0.717, 1.165) is 22.2 Å². The van der Waals surface area contributed by atoms with Crippen LogP contribution in [-0.2, 0) is 6.54 Å². The Kier molecular flexibility index (Phi) is 2.85. The van der Waals surface area contributed by atoms with Gasteiger partial charge in [-0.2, -0.15) is 5.10 Å². The number of aromatic amines is 1. The van der Waals surface area contributed by atoms with Crippen LogP contribution in [0.2, 0.25) is 0 Å². The molecule has 0 saturated carbocycles. The van der Waals surface area contributed by atoms with Gasteiger partial charge in [0.2, 0.25) is 0 Å². The van der Waals surface area contributed by atoms with E-state index in [1.54, 1.807) is 11.3 Å². The monoisotopic (exact) mass is 278 g/mol. The van der Waals surface area contributed by atoms with Gasteiger partial charge in [0.1, 0.15) is 0 Å². The number of hydrogen-bond acceptors (Lipinski definition) is 5. The molecule has 0 radical (unpaired) electrons. The molecular weight excluding hydrogens is 268 g/mol. The van der Waals surface area contributed by atoms with E-state index < -0.39 is 0 Å². The summed E-state index contributed by atoms with van der Waals surface area (Å²) in [5.74, 6) is 1.59. The average Bonchev–Trinajstić information content (AvgIpc) is 3.03. The predicted molar refractivity (Wildman–Crippen MR) is 71.1 cm³/mol. The molecule has 0 aliphatic rings. The molecule has 3 aromatic heterocycles. The fraction of sp³-hybridized carbons (Fsp3) is 0.182. The number of hydrogen-bond donors (Lipinski definition) is 1. The van der Waals surface area contributed by atoms with Crippen molar-refractivity contribution in [3.63, 3.8) is 0 Å². The predicted octanol–water partition coefficient (Wildman–Crippen LogP) is 3.01. The Morgan fingerprint density at radius 2 is 2.44 bits per heavy atom. The fourth-order valence-corrected chi connectivity index (χ4v) is 2.62. The van der Waals surface area contributed by atoms with Crippen molar-refractivity contribution in [3.8, 4) is 10.7 Å². The average molecular weight is 278 g/mol. The fourth-order valence-electron chi connectivity index (χ4n) is 1.70. The van der Waals surface area contributed by atoms with Crippen molar-refractivity contribution in [2.45, 2.75) is 13.5 Å². The van der Waals surface area contributed by atoms with E-state index in [-0.39, 0.29) is 0 Å². The third-order valence-corrected chi connectivity index (χ3v) is 3.67. The summed E-state index contributed by atoms with van der Waals surface area (Å²) in [7, 11) is 0. The molecule has 18 heavy (non-hydrogen) atoms. The molecule has 5 nitrogen and oxygen atoms in total. The first kappa shape index (κ1) is 11.4. The van der Waals surface area contributed by atoms with Crippen molar-refractivity contribution < 1.29 is 4.52 Å². The van der Waals surface area contributed by atoms with E-state index in [1.165, 1.54) is 0 Å². The maximum Gasteiger partial charge on any atom is 0.195 e. The van der Waals surface area contributed by atoms with Crippen LogP contribution >= 0.6 is 23.6 Å². The molecule has 0 amide bonds. The first-order chi connectivity index (χ1) is 8.74. The molecule has 3 aromatic rings. The molecule has 0 aliphatic carbocycles. The Bertz CT molecular complexity index is 708. The lowest BCUT2D eigenvalue weighted by atomic mass is 10.3. The Labute approximate surface area is 112 Å². The minimum Gasteiger partial charge on any atom is -0.359 e. The molecule has 1 N–H and O–H groups in total. The smallest absolute Gasteiger partial charge is 0.195 e. The normalized spacial score (nSPS) is 10.9. The van der Waals surface area contributed by atoms with Gasteiger partial charge in [-0.05, 0) is 30.6 Å². The Hall–Kier alpha value is -1.73. The first-order valence-corrected chi connectivity index (χ1v) is 6.64. The molecule has 0 atom stereocenters. The van der Waals surface area contributed by atoms with Gasteiger partial charge < -0.3 is 4.52 Å². The van der Waals surface area contributed by atoms with Gasteiger partial charge in [-0.3, -0.25) is 9.67 Å². The van der Waals surface area contributed by atoms with Gasteiger partial charge in [0.25, 0.3) is 0 Å². The Morgan fingerprint density at radius 1 is 1.56 bits per heavy atom. The van der Waals surface area contributed by atoms with Crippen LogP contribution in [0.4, 0.5) is 0 Å². The van der Waals surface area contributed by atoms with Crippen molar-refractivity contribution in [2.24, 2.45) is 0 Å². The van der Waals surface area contributed by atoms with Gasteiger partial charge >= 0.3 is 0 Å². The molecule has 0 saturated heterocycles. The van der Waals surface area contributed by atoms with Crippen LogP contribution in [0.25, 0.3) is 10.7 Å². The number of rotatable bonds is 3. The van der Waals surface area contributed by atoms with Gasteiger partial charge in [0.15, 0.2) is 16.4 Å². The van der Waals surface area contributed by atoms with Gasteiger partial charge in [-0.25, -0.2) is 0 Å². The van der Waals surface area contributed by atoms with E-state index in [9.17, 15) is 0 Å². The first-order valence-electron chi connectivity index (χ1n) is 5.35. The van der Waals surface area contributed by atoms with Crippen molar-refractivity contribution in [3.05, 3.63) is 39.8 Å². The Morgan fingerprint density at radius 3 is 3.11 bits per heavy atom. The molecule has 3 heterocycles. The number of H-pyrrole nitrogens is 1. The summed E-state index contributed by atoms with van der Waals surface area (Å²) in [6.07, 6.45) is 0. The van der Waals surface area contributed by atoms with Crippen LogP contribution in [-0.4, -0.2) is 19.9 Å². The largest absolute Gasteiger partial charge is 0.359 e. The van der Waals surface area contributed by atoms with Crippen LogP contribution < -0.4 is 0 Å². The topological polar surface area (TPSA) is 59.6 Å². The third-order valence-electron chi connectivity index (χ3n) is 2.49.